The van der Waals surface area contributed by atoms with Gasteiger partial charge in [0.05, 0.1) is 5.52 Å². The molecule has 0 spiro atoms. The van der Waals surface area contributed by atoms with Crippen LogP contribution in [-0.2, 0) is 4.74 Å². The van der Waals surface area contributed by atoms with Gasteiger partial charge in [-0.1, -0.05) is 0 Å². The number of aryl methyl sites for hydroxylation is 1. The van der Waals surface area contributed by atoms with E-state index >= 15 is 0 Å². The fraction of sp³-hybridized carbons (Fsp3) is 0.375. The van der Waals surface area contributed by atoms with Crippen LogP contribution in [0.3, 0.4) is 0 Å². The Balaban J connectivity index is 2.64. The molecule has 2 rings (SSSR count). The predicted octanol–water partition coefficient (Wildman–Crippen LogP) is 4.27. The lowest BCUT2D eigenvalue weighted by Gasteiger charge is -2.20. The summed E-state index contributed by atoms with van der Waals surface area (Å²) >= 11 is 1.52. The first-order valence-electron chi connectivity index (χ1n) is 6.65. The first-order valence-corrected chi connectivity index (χ1v) is 7.88. The maximum Gasteiger partial charge on any atom is 0.419 e. The summed E-state index contributed by atoms with van der Waals surface area (Å²) in [4.78, 5) is 24.6. The molecular weight excluding hydrogens is 286 g/mol. The Kier molecular flexibility index (Phi) is 4.14. The summed E-state index contributed by atoms with van der Waals surface area (Å²) in [5.74, 6) is 0. The summed E-state index contributed by atoms with van der Waals surface area (Å²) in [5, 5.41) is 0.778. The molecule has 0 radical (unpaired) electrons. The summed E-state index contributed by atoms with van der Waals surface area (Å²) in [7, 11) is 0. The van der Waals surface area contributed by atoms with E-state index in [1.54, 1.807) is 12.3 Å². The number of nitrogens with zero attached hydrogens (tertiary/aromatic N) is 1. The molecule has 0 aliphatic carbocycles. The van der Waals surface area contributed by atoms with Crippen molar-refractivity contribution in [2.24, 2.45) is 0 Å². The molecule has 0 amide bonds. The zero-order valence-corrected chi connectivity index (χ0v) is 13.7. The highest BCUT2D eigenvalue weighted by molar-refractivity contribution is 7.98. The summed E-state index contributed by atoms with van der Waals surface area (Å²) in [6.45, 7) is 7.40. The van der Waals surface area contributed by atoms with Crippen LogP contribution in [0.15, 0.2) is 23.2 Å². The Morgan fingerprint density at radius 3 is 2.57 bits per heavy atom. The second-order valence-corrected chi connectivity index (χ2v) is 6.70. The van der Waals surface area contributed by atoms with Gasteiger partial charge in [-0.3, -0.25) is 9.36 Å². The normalized spacial score (nSPS) is 11.7. The molecule has 1 heterocycles. The van der Waals surface area contributed by atoms with Gasteiger partial charge in [0, 0.05) is 22.0 Å². The second-order valence-electron chi connectivity index (χ2n) is 5.86. The van der Waals surface area contributed by atoms with Crippen molar-refractivity contribution < 1.29 is 14.3 Å². The van der Waals surface area contributed by atoms with E-state index in [-0.39, 0.29) is 0 Å². The largest absolute Gasteiger partial charge is 0.443 e. The van der Waals surface area contributed by atoms with Crippen LogP contribution in [0, 0.1) is 6.92 Å². The van der Waals surface area contributed by atoms with E-state index in [2.05, 4.69) is 0 Å². The minimum atomic E-state index is -0.561. The lowest BCUT2D eigenvalue weighted by Crippen LogP contribution is -2.26. The molecule has 0 aliphatic rings. The molecule has 2 aromatic rings. The molecule has 0 N–H and O–H groups in total. The molecule has 112 valence electrons. The maximum absolute atomic E-state index is 12.3. The Bertz CT molecular complexity index is 710. The molecule has 1 aromatic carbocycles. The van der Waals surface area contributed by atoms with Crippen molar-refractivity contribution in [2.75, 3.05) is 6.26 Å². The highest BCUT2D eigenvalue weighted by atomic mass is 32.2. The van der Waals surface area contributed by atoms with Crippen LogP contribution in [0.25, 0.3) is 10.9 Å². The Labute approximate surface area is 128 Å². The van der Waals surface area contributed by atoms with Crippen LogP contribution < -0.4 is 0 Å². The van der Waals surface area contributed by atoms with Crippen LogP contribution in [0.1, 0.15) is 36.7 Å². The number of aldehydes is 1. The number of aromatic nitrogens is 1. The van der Waals surface area contributed by atoms with Crippen molar-refractivity contribution in [3.8, 4) is 0 Å². The van der Waals surface area contributed by atoms with Crippen molar-refractivity contribution in [2.45, 2.75) is 38.2 Å². The smallest absolute Gasteiger partial charge is 0.419 e. The van der Waals surface area contributed by atoms with E-state index in [0.29, 0.717) is 5.56 Å². The standard InChI is InChI=1S/C16H19NO3S/c1-10-8-13(21-5)12(9-18)11-6-7-17(14(10)11)15(19)20-16(2,3)4/h6-9H,1-5H3. The average molecular weight is 305 g/mol. The number of benzene rings is 1. The fourth-order valence-electron chi connectivity index (χ4n) is 2.28. The number of hydrogen-bond donors (Lipinski definition) is 0. The molecule has 1 aromatic heterocycles. The van der Waals surface area contributed by atoms with E-state index in [4.69, 9.17) is 4.74 Å². The molecule has 0 fully saturated rings. The zero-order valence-electron chi connectivity index (χ0n) is 12.9. The average Bonchev–Trinajstić information content (AvgIpc) is 2.81. The van der Waals surface area contributed by atoms with Crippen LogP contribution in [0.4, 0.5) is 4.79 Å². The summed E-state index contributed by atoms with van der Waals surface area (Å²) in [5.41, 5.74) is 1.72. The van der Waals surface area contributed by atoms with Crippen LogP contribution >= 0.6 is 11.8 Å². The van der Waals surface area contributed by atoms with E-state index in [1.165, 1.54) is 16.3 Å². The number of fused-ring (bicyclic) bond motifs is 1. The SMILES string of the molecule is CSc1cc(C)c2c(ccn2C(=O)OC(C)(C)C)c1C=O. The van der Waals surface area contributed by atoms with Crippen molar-refractivity contribution in [1.82, 2.24) is 4.57 Å². The molecule has 0 saturated carbocycles. The van der Waals surface area contributed by atoms with Gasteiger partial charge in [-0.05, 0) is 51.6 Å². The van der Waals surface area contributed by atoms with Gasteiger partial charge in [-0.2, -0.15) is 0 Å². The lowest BCUT2D eigenvalue weighted by molar-refractivity contribution is 0.0544. The van der Waals surface area contributed by atoms with Crippen molar-refractivity contribution in [3.05, 3.63) is 29.5 Å². The number of rotatable bonds is 2. The van der Waals surface area contributed by atoms with E-state index in [9.17, 15) is 9.59 Å². The van der Waals surface area contributed by atoms with Crippen molar-refractivity contribution >= 4 is 35.0 Å². The summed E-state index contributed by atoms with van der Waals surface area (Å²) in [6, 6.07) is 3.72. The number of carbonyl (C=O) groups excluding carboxylic acids is 2. The van der Waals surface area contributed by atoms with Gasteiger partial charge in [0.1, 0.15) is 5.60 Å². The first-order chi connectivity index (χ1) is 9.78. The Morgan fingerprint density at radius 2 is 2.05 bits per heavy atom. The van der Waals surface area contributed by atoms with Gasteiger partial charge in [0.2, 0.25) is 0 Å². The highest BCUT2D eigenvalue weighted by Crippen LogP contribution is 2.31. The maximum atomic E-state index is 12.3. The molecule has 21 heavy (non-hydrogen) atoms. The minimum absolute atomic E-state index is 0.436. The van der Waals surface area contributed by atoms with Gasteiger partial charge < -0.3 is 4.74 Å². The molecule has 0 unspecified atom stereocenters. The lowest BCUT2D eigenvalue weighted by atomic mass is 10.1. The van der Waals surface area contributed by atoms with E-state index in [1.807, 2.05) is 40.0 Å². The van der Waals surface area contributed by atoms with E-state index < -0.39 is 11.7 Å². The first kappa shape index (κ1) is 15.6. The van der Waals surface area contributed by atoms with Gasteiger partial charge in [0.25, 0.3) is 0 Å². The predicted molar refractivity (Wildman–Crippen MR) is 85.5 cm³/mol. The minimum Gasteiger partial charge on any atom is -0.443 e. The monoisotopic (exact) mass is 305 g/mol. The molecule has 0 atom stereocenters. The number of ether oxygens (including phenoxy) is 1. The third-order valence-electron chi connectivity index (χ3n) is 3.09. The van der Waals surface area contributed by atoms with Crippen molar-refractivity contribution in [1.29, 1.82) is 0 Å². The topological polar surface area (TPSA) is 48.3 Å². The van der Waals surface area contributed by atoms with Gasteiger partial charge in [0.15, 0.2) is 6.29 Å². The van der Waals surface area contributed by atoms with Crippen molar-refractivity contribution in [3.63, 3.8) is 0 Å². The quantitative estimate of drug-likeness (QED) is 0.614. The fourth-order valence-corrected chi connectivity index (χ4v) is 2.95. The van der Waals surface area contributed by atoms with E-state index in [0.717, 1.165) is 27.6 Å². The summed E-state index contributed by atoms with van der Waals surface area (Å²) in [6.07, 6.45) is 3.99. The Hall–Kier alpha value is -1.75. The zero-order chi connectivity index (χ0) is 15.8. The molecule has 5 heteroatoms. The molecular formula is C16H19NO3S. The molecule has 0 saturated heterocycles. The third kappa shape index (κ3) is 2.97. The number of thioether (sulfide) groups is 1. The number of hydrogen-bond acceptors (Lipinski definition) is 4. The molecule has 0 bridgehead atoms. The third-order valence-corrected chi connectivity index (χ3v) is 3.87. The van der Waals surface area contributed by atoms with Gasteiger partial charge >= 0.3 is 6.09 Å². The Morgan fingerprint density at radius 1 is 1.38 bits per heavy atom. The highest BCUT2D eigenvalue weighted by Gasteiger charge is 2.21. The molecule has 0 aliphatic heterocycles. The van der Waals surface area contributed by atoms with Gasteiger partial charge in [-0.15, -0.1) is 11.8 Å². The van der Waals surface area contributed by atoms with Crippen LogP contribution in [-0.4, -0.2) is 28.8 Å². The number of carbonyl (C=O) groups is 2. The second kappa shape index (κ2) is 5.56. The van der Waals surface area contributed by atoms with Gasteiger partial charge in [-0.25, -0.2) is 4.79 Å². The van der Waals surface area contributed by atoms with Crippen LogP contribution in [0.5, 0.6) is 0 Å². The molecule has 4 nitrogen and oxygen atoms in total. The summed E-state index contributed by atoms with van der Waals surface area (Å²) < 4.78 is 6.87. The van der Waals surface area contributed by atoms with Crippen LogP contribution in [0.2, 0.25) is 0 Å².